The number of nitrogens with zero attached hydrogens (tertiary/aromatic N) is 1. The van der Waals surface area contributed by atoms with Crippen LogP contribution in [0.4, 0.5) is 16.2 Å². The summed E-state index contributed by atoms with van der Waals surface area (Å²) in [6, 6.07) is 12.6. The second kappa shape index (κ2) is 9.85. The van der Waals surface area contributed by atoms with E-state index in [1.54, 1.807) is 36.3 Å². The fraction of sp³-hybridized carbons (Fsp3) is 0.391. The molecule has 0 unspecified atom stereocenters. The molecule has 1 aliphatic heterocycles. The highest BCUT2D eigenvalue weighted by atomic mass is 35.5. The summed E-state index contributed by atoms with van der Waals surface area (Å²) in [6.45, 7) is 5.17. The molecular formula is C23H28ClN3O3. The maximum Gasteiger partial charge on any atom is 0.321 e. The third kappa shape index (κ3) is 5.45. The Bertz CT molecular complexity index is 893. The van der Waals surface area contributed by atoms with Gasteiger partial charge >= 0.3 is 6.03 Å². The molecule has 0 spiro atoms. The molecule has 1 heterocycles. The Kier molecular flexibility index (Phi) is 7.21. The number of carbonyl (C=O) groups excluding carboxylic acids is 2. The summed E-state index contributed by atoms with van der Waals surface area (Å²) in [5.74, 6) is 0.690. The van der Waals surface area contributed by atoms with Gasteiger partial charge in [0.1, 0.15) is 5.75 Å². The third-order valence-corrected chi connectivity index (χ3v) is 5.91. The number of piperidine rings is 1. The van der Waals surface area contributed by atoms with Crippen molar-refractivity contribution in [3.63, 3.8) is 0 Å². The van der Waals surface area contributed by atoms with Gasteiger partial charge in [0.2, 0.25) is 5.91 Å². The van der Waals surface area contributed by atoms with E-state index in [1.807, 2.05) is 32.0 Å². The fourth-order valence-electron chi connectivity index (χ4n) is 3.72. The van der Waals surface area contributed by atoms with Crippen LogP contribution in [0.1, 0.15) is 25.3 Å². The molecule has 0 radical (unpaired) electrons. The maximum absolute atomic E-state index is 12.8. The van der Waals surface area contributed by atoms with Crippen molar-refractivity contribution in [2.45, 2.75) is 26.7 Å². The lowest BCUT2D eigenvalue weighted by atomic mass is 9.85. The topological polar surface area (TPSA) is 70.7 Å². The van der Waals surface area contributed by atoms with Crippen LogP contribution in [0.25, 0.3) is 0 Å². The molecule has 0 aliphatic carbocycles. The van der Waals surface area contributed by atoms with E-state index in [0.717, 1.165) is 18.4 Å². The van der Waals surface area contributed by atoms with Gasteiger partial charge in [-0.25, -0.2) is 4.79 Å². The van der Waals surface area contributed by atoms with E-state index < -0.39 is 0 Å². The zero-order chi connectivity index (χ0) is 21.7. The lowest BCUT2D eigenvalue weighted by Gasteiger charge is -2.34. The minimum absolute atomic E-state index is 0.0250. The Labute approximate surface area is 182 Å². The minimum atomic E-state index is -0.156. The highest BCUT2D eigenvalue weighted by molar-refractivity contribution is 6.30. The first-order valence-corrected chi connectivity index (χ1v) is 10.5. The summed E-state index contributed by atoms with van der Waals surface area (Å²) in [5, 5.41) is 6.52. The zero-order valence-corrected chi connectivity index (χ0v) is 18.3. The Morgan fingerprint density at radius 2 is 1.77 bits per heavy atom. The van der Waals surface area contributed by atoms with E-state index in [0.29, 0.717) is 35.2 Å². The van der Waals surface area contributed by atoms with E-state index in [4.69, 9.17) is 16.3 Å². The molecule has 7 heteroatoms. The first-order valence-electron chi connectivity index (χ1n) is 10.1. The number of anilines is 2. The van der Waals surface area contributed by atoms with Crippen LogP contribution in [-0.2, 0) is 4.79 Å². The van der Waals surface area contributed by atoms with Gasteiger partial charge in [-0.15, -0.1) is 0 Å². The van der Waals surface area contributed by atoms with Gasteiger partial charge in [-0.2, -0.15) is 0 Å². The van der Waals surface area contributed by atoms with Gasteiger partial charge in [0.05, 0.1) is 12.8 Å². The number of benzene rings is 2. The molecule has 2 aromatic carbocycles. The number of likely N-dealkylation sites (tertiary alicyclic amines) is 1. The zero-order valence-electron chi connectivity index (χ0n) is 17.6. The normalized spacial score (nSPS) is 15.4. The molecule has 3 amide bonds. The van der Waals surface area contributed by atoms with Gasteiger partial charge in [0, 0.05) is 29.7 Å². The Hall–Kier alpha value is -2.73. The number of hydrogen-bond acceptors (Lipinski definition) is 3. The fourth-order valence-corrected chi connectivity index (χ4v) is 3.84. The SMILES string of the molecule is COc1ccc(C)cc1NC(=O)[C@@H](C)C1CCN(C(=O)Nc2ccc(Cl)cc2)CC1. The number of halogens is 1. The standard InChI is InChI=1S/C23H28ClN3O3/c1-15-4-9-21(30-3)20(14-15)26-22(28)16(2)17-10-12-27(13-11-17)23(29)25-19-7-5-18(24)6-8-19/h4-9,14,16-17H,10-13H2,1-3H3,(H,25,29)(H,26,28)/t16-/m0/s1. The van der Waals surface area contributed by atoms with Crippen LogP contribution in [0, 0.1) is 18.8 Å². The van der Waals surface area contributed by atoms with Crippen LogP contribution in [0.3, 0.4) is 0 Å². The van der Waals surface area contributed by atoms with Crippen LogP contribution in [-0.4, -0.2) is 37.0 Å². The summed E-state index contributed by atoms with van der Waals surface area (Å²) in [6.07, 6.45) is 1.57. The molecular weight excluding hydrogens is 402 g/mol. The highest BCUT2D eigenvalue weighted by Gasteiger charge is 2.30. The molecule has 0 saturated carbocycles. The van der Waals surface area contributed by atoms with E-state index in [1.165, 1.54) is 0 Å². The van der Waals surface area contributed by atoms with E-state index in [9.17, 15) is 9.59 Å². The second-order valence-corrected chi connectivity index (χ2v) is 8.18. The lowest BCUT2D eigenvalue weighted by molar-refractivity contribution is -0.121. The first kappa shape index (κ1) is 22.0. The van der Waals surface area contributed by atoms with Gasteiger partial charge in [-0.3, -0.25) is 4.79 Å². The molecule has 1 saturated heterocycles. The number of amides is 3. The Morgan fingerprint density at radius 1 is 1.10 bits per heavy atom. The molecule has 2 aromatic rings. The summed E-state index contributed by atoms with van der Waals surface area (Å²) in [7, 11) is 1.59. The third-order valence-electron chi connectivity index (χ3n) is 5.66. The maximum atomic E-state index is 12.8. The minimum Gasteiger partial charge on any atom is -0.495 e. The highest BCUT2D eigenvalue weighted by Crippen LogP contribution is 2.29. The largest absolute Gasteiger partial charge is 0.495 e. The van der Waals surface area contributed by atoms with Crippen molar-refractivity contribution in [2.75, 3.05) is 30.8 Å². The van der Waals surface area contributed by atoms with Crippen molar-refractivity contribution in [2.24, 2.45) is 11.8 Å². The smallest absolute Gasteiger partial charge is 0.321 e. The van der Waals surface area contributed by atoms with Crippen LogP contribution >= 0.6 is 11.6 Å². The molecule has 2 N–H and O–H groups in total. The Morgan fingerprint density at radius 3 is 2.40 bits per heavy atom. The number of aryl methyl sites for hydroxylation is 1. The van der Waals surface area contributed by atoms with Gasteiger partial charge in [-0.05, 0) is 67.6 Å². The number of nitrogens with one attached hydrogen (secondary N) is 2. The van der Waals surface area contributed by atoms with E-state index in [2.05, 4.69) is 10.6 Å². The van der Waals surface area contributed by atoms with Crippen LogP contribution in [0.15, 0.2) is 42.5 Å². The van der Waals surface area contributed by atoms with Crippen molar-refractivity contribution in [1.82, 2.24) is 4.90 Å². The van der Waals surface area contributed by atoms with Gasteiger partial charge in [0.25, 0.3) is 0 Å². The number of hydrogen-bond donors (Lipinski definition) is 2. The molecule has 0 aromatic heterocycles. The molecule has 3 rings (SSSR count). The van der Waals surface area contributed by atoms with Crippen LogP contribution in [0.2, 0.25) is 5.02 Å². The first-order chi connectivity index (χ1) is 14.4. The van der Waals surface area contributed by atoms with E-state index >= 15 is 0 Å². The molecule has 160 valence electrons. The van der Waals surface area contributed by atoms with Crippen molar-refractivity contribution < 1.29 is 14.3 Å². The van der Waals surface area contributed by atoms with Crippen molar-refractivity contribution in [1.29, 1.82) is 0 Å². The van der Waals surface area contributed by atoms with Gasteiger partial charge < -0.3 is 20.3 Å². The van der Waals surface area contributed by atoms with Crippen LogP contribution in [0.5, 0.6) is 5.75 Å². The molecule has 1 atom stereocenters. The quantitative estimate of drug-likeness (QED) is 0.688. The average molecular weight is 430 g/mol. The molecule has 1 fully saturated rings. The summed E-state index contributed by atoms with van der Waals surface area (Å²) < 4.78 is 5.35. The Balaban J connectivity index is 1.52. The number of methoxy groups -OCH3 is 1. The van der Waals surface area contributed by atoms with Crippen molar-refractivity contribution >= 4 is 34.9 Å². The predicted octanol–water partition coefficient (Wildman–Crippen LogP) is 5.18. The molecule has 0 bridgehead atoms. The second-order valence-electron chi connectivity index (χ2n) is 7.74. The number of rotatable bonds is 5. The average Bonchev–Trinajstić information content (AvgIpc) is 2.75. The predicted molar refractivity (Wildman–Crippen MR) is 120 cm³/mol. The van der Waals surface area contributed by atoms with E-state index in [-0.39, 0.29) is 23.8 Å². The number of carbonyl (C=O) groups is 2. The van der Waals surface area contributed by atoms with Crippen molar-refractivity contribution in [3.8, 4) is 5.75 Å². The monoisotopic (exact) mass is 429 g/mol. The van der Waals surface area contributed by atoms with Crippen molar-refractivity contribution in [3.05, 3.63) is 53.1 Å². The van der Waals surface area contributed by atoms with Gasteiger partial charge in [-0.1, -0.05) is 24.6 Å². The summed E-state index contributed by atoms with van der Waals surface area (Å²) >= 11 is 5.88. The molecule has 6 nitrogen and oxygen atoms in total. The molecule has 1 aliphatic rings. The summed E-state index contributed by atoms with van der Waals surface area (Å²) in [4.78, 5) is 27.1. The lowest BCUT2D eigenvalue weighted by Crippen LogP contribution is -2.43. The van der Waals surface area contributed by atoms with Gasteiger partial charge in [0.15, 0.2) is 0 Å². The number of ether oxygens (including phenoxy) is 1. The van der Waals surface area contributed by atoms with Crippen LogP contribution < -0.4 is 15.4 Å². The molecule has 30 heavy (non-hydrogen) atoms. The number of urea groups is 1. The summed E-state index contributed by atoms with van der Waals surface area (Å²) in [5.41, 5.74) is 2.46.